The Kier molecular flexibility index (Phi) is 3.66. The van der Waals surface area contributed by atoms with Crippen molar-refractivity contribution in [1.29, 1.82) is 0 Å². The largest absolute Gasteiger partial charge is 0.377 e. The van der Waals surface area contributed by atoms with Gasteiger partial charge in [-0.1, -0.05) is 26.0 Å². The van der Waals surface area contributed by atoms with Crippen LogP contribution in [0.4, 0.5) is 11.4 Å². The molecular formula is C11H16N2O2. The minimum Gasteiger partial charge on any atom is -0.377 e. The molecule has 0 aliphatic rings. The molecule has 82 valence electrons. The topological polar surface area (TPSA) is 55.2 Å². The average molecular weight is 208 g/mol. The van der Waals surface area contributed by atoms with Gasteiger partial charge in [0.15, 0.2) is 0 Å². The van der Waals surface area contributed by atoms with Crippen LogP contribution in [0.5, 0.6) is 0 Å². The monoisotopic (exact) mass is 208 g/mol. The first-order valence-corrected chi connectivity index (χ1v) is 5.02. The van der Waals surface area contributed by atoms with Crippen LogP contribution in [-0.4, -0.2) is 11.0 Å². The fourth-order valence-corrected chi connectivity index (χ4v) is 1.17. The zero-order valence-electron chi connectivity index (χ0n) is 9.23. The van der Waals surface area contributed by atoms with Gasteiger partial charge in [-0.2, -0.15) is 0 Å². The van der Waals surface area contributed by atoms with Crippen LogP contribution < -0.4 is 5.32 Å². The highest BCUT2D eigenvalue weighted by atomic mass is 16.6. The van der Waals surface area contributed by atoms with Gasteiger partial charge in [-0.05, 0) is 18.9 Å². The smallest absolute Gasteiger partial charge is 0.292 e. The maximum Gasteiger partial charge on any atom is 0.292 e. The zero-order chi connectivity index (χ0) is 11.4. The zero-order valence-corrected chi connectivity index (χ0v) is 9.23. The summed E-state index contributed by atoms with van der Waals surface area (Å²) in [5, 5.41) is 13.9. The van der Waals surface area contributed by atoms with Gasteiger partial charge in [0.1, 0.15) is 5.69 Å². The molecule has 1 rings (SSSR count). The Morgan fingerprint density at radius 1 is 1.27 bits per heavy atom. The summed E-state index contributed by atoms with van der Waals surface area (Å²) in [4.78, 5) is 10.4. The number of rotatable bonds is 4. The third-order valence-corrected chi connectivity index (χ3v) is 2.48. The molecule has 0 bridgehead atoms. The van der Waals surface area contributed by atoms with Crippen molar-refractivity contribution < 1.29 is 4.92 Å². The predicted octanol–water partition coefficient (Wildman–Crippen LogP) is 3.05. The quantitative estimate of drug-likeness (QED) is 0.611. The maximum absolute atomic E-state index is 10.7. The molecule has 0 aliphatic heterocycles. The Labute approximate surface area is 89.5 Å². The maximum atomic E-state index is 10.7. The van der Waals surface area contributed by atoms with Gasteiger partial charge < -0.3 is 5.32 Å². The number of benzene rings is 1. The minimum absolute atomic E-state index is 0.130. The molecule has 0 radical (unpaired) electrons. The van der Waals surface area contributed by atoms with E-state index in [0.717, 1.165) is 0 Å². The molecule has 1 atom stereocenters. The Hall–Kier alpha value is -1.58. The summed E-state index contributed by atoms with van der Waals surface area (Å²) >= 11 is 0. The van der Waals surface area contributed by atoms with E-state index in [1.807, 2.05) is 6.92 Å². The second kappa shape index (κ2) is 4.77. The third-order valence-electron chi connectivity index (χ3n) is 2.48. The van der Waals surface area contributed by atoms with Crippen LogP contribution in [0, 0.1) is 16.0 Å². The summed E-state index contributed by atoms with van der Waals surface area (Å²) in [5.41, 5.74) is 0.716. The summed E-state index contributed by atoms with van der Waals surface area (Å²) in [6, 6.07) is 6.92. The molecule has 0 heterocycles. The summed E-state index contributed by atoms with van der Waals surface area (Å²) in [6.07, 6.45) is 0. The molecule has 0 aromatic heterocycles. The molecule has 1 aromatic rings. The standard InChI is InChI=1S/C11H16N2O2/c1-8(2)9(3)12-10-6-4-5-7-11(10)13(14)15/h4-9,12H,1-3H3/t9-/m0/s1. The van der Waals surface area contributed by atoms with Gasteiger partial charge in [0, 0.05) is 12.1 Å². The number of nitrogens with one attached hydrogen (secondary N) is 1. The lowest BCUT2D eigenvalue weighted by Crippen LogP contribution is -2.21. The molecule has 4 heteroatoms. The van der Waals surface area contributed by atoms with Crippen molar-refractivity contribution in [3.63, 3.8) is 0 Å². The van der Waals surface area contributed by atoms with Crippen molar-refractivity contribution in [3.8, 4) is 0 Å². The number of anilines is 1. The predicted molar refractivity (Wildman–Crippen MR) is 61.0 cm³/mol. The highest BCUT2D eigenvalue weighted by Crippen LogP contribution is 2.24. The Morgan fingerprint density at radius 2 is 1.87 bits per heavy atom. The van der Waals surface area contributed by atoms with Crippen molar-refractivity contribution >= 4 is 11.4 Å². The first-order valence-electron chi connectivity index (χ1n) is 5.02. The van der Waals surface area contributed by atoms with Gasteiger partial charge in [0.25, 0.3) is 5.69 Å². The first-order chi connectivity index (χ1) is 7.02. The van der Waals surface area contributed by atoms with E-state index in [4.69, 9.17) is 0 Å². The lowest BCUT2D eigenvalue weighted by atomic mass is 10.1. The van der Waals surface area contributed by atoms with Gasteiger partial charge in [-0.3, -0.25) is 10.1 Å². The Balaban J connectivity index is 2.89. The van der Waals surface area contributed by atoms with Gasteiger partial charge in [0.2, 0.25) is 0 Å². The van der Waals surface area contributed by atoms with Gasteiger partial charge >= 0.3 is 0 Å². The van der Waals surface area contributed by atoms with E-state index >= 15 is 0 Å². The lowest BCUT2D eigenvalue weighted by Gasteiger charge is -2.18. The average Bonchev–Trinajstić information content (AvgIpc) is 2.18. The SMILES string of the molecule is CC(C)[C@H](C)Nc1ccccc1[N+](=O)[O-]. The lowest BCUT2D eigenvalue weighted by molar-refractivity contribution is -0.384. The molecule has 4 nitrogen and oxygen atoms in total. The summed E-state index contributed by atoms with van der Waals surface area (Å²) in [6.45, 7) is 6.17. The molecular weight excluding hydrogens is 192 g/mol. The van der Waals surface area contributed by atoms with E-state index in [9.17, 15) is 10.1 Å². The minimum atomic E-state index is -0.366. The molecule has 0 fully saturated rings. The van der Waals surface area contributed by atoms with Crippen LogP contribution in [0.15, 0.2) is 24.3 Å². The number of nitro groups is 1. The van der Waals surface area contributed by atoms with Crippen LogP contribution in [0.2, 0.25) is 0 Å². The van der Waals surface area contributed by atoms with Gasteiger partial charge in [-0.15, -0.1) is 0 Å². The summed E-state index contributed by atoms with van der Waals surface area (Å²) in [5.74, 6) is 0.435. The Morgan fingerprint density at radius 3 is 2.40 bits per heavy atom. The fraction of sp³-hybridized carbons (Fsp3) is 0.455. The summed E-state index contributed by atoms with van der Waals surface area (Å²) < 4.78 is 0. The van der Waals surface area contributed by atoms with Gasteiger partial charge in [-0.25, -0.2) is 0 Å². The van der Waals surface area contributed by atoms with E-state index in [-0.39, 0.29) is 16.7 Å². The van der Waals surface area contributed by atoms with E-state index in [2.05, 4.69) is 19.2 Å². The second-order valence-electron chi connectivity index (χ2n) is 3.95. The fourth-order valence-electron chi connectivity index (χ4n) is 1.17. The Bertz CT molecular complexity index is 350. The molecule has 1 aromatic carbocycles. The molecule has 0 saturated carbocycles. The third kappa shape index (κ3) is 2.94. The van der Waals surface area contributed by atoms with Crippen LogP contribution in [0.1, 0.15) is 20.8 Å². The van der Waals surface area contributed by atoms with Gasteiger partial charge in [0.05, 0.1) is 4.92 Å². The van der Waals surface area contributed by atoms with Crippen LogP contribution >= 0.6 is 0 Å². The normalized spacial score (nSPS) is 12.5. The number of hydrogen-bond donors (Lipinski definition) is 1. The number of nitro benzene ring substituents is 1. The molecule has 15 heavy (non-hydrogen) atoms. The van der Waals surface area contributed by atoms with E-state index in [1.54, 1.807) is 18.2 Å². The van der Waals surface area contributed by atoms with E-state index in [0.29, 0.717) is 11.6 Å². The molecule has 0 amide bonds. The highest BCUT2D eigenvalue weighted by molar-refractivity contribution is 5.61. The molecule has 0 aliphatic carbocycles. The molecule has 0 unspecified atom stereocenters. The van der Waals surface area contributed by atoms with Crippen molar-refractivity contribution in [1.82, 2.24) is 0 Å². The van der Waals surface area contributed by atoms with Crippen molar-refractivity contribution in [3.05, 3.63) is 34.4 Å². The van der Waals surface area contributed by atoms with E-state index in [1.165, 1.54) is 6.07 Å². The number of para-hydroxylation sites is 2. The van der Waals surface area contributed by atoms with Crippen molar-refractivity contribution in [2.75, 3.05) is 5.32 Å². The highest BCUT2D eigenvalue weighted by Gasteiger charge is 2.15. The van der Waals surface area contributed by atoms with Crippen LogP contribution in [-0.2, 0) is 0 Å². The van der Waals surface area contributed by atoms with Crippen LogP contribution in [0.25, 0.3) is 0 Å². The first kappa shape index (κ1) is 11.5. The van der Waals surface area contributed by atoms with Crippen LogP contribution in [0.3, 0.4) is 0 Å². The molecule has 0 spiro atoms. The second-order valence-corrected chi connectivity index (χ2v) is 3.95. The molecule has 0 saturated heterocycles. The van der Waals surface area contributed by atoms with Crippen molar-refractivity contribution in [2.24, 2.45) is 5.92 Å². The van der Waals surface area contributed by atoms with E-state index < -0.39 is 0 Å². The number of hydrogen-bond acceptors (Lipinski definition) is 3. The molecule has 1 N–H and O–H groups in total. The number of nitrogens with zero attached hydrogens (tertiary/aromatic N) is 1. The summed E-state index contributed by atoms with van der Waals surface area (Å²) in [7, 11) is 0. The van der Waals surface area contributed by atoms with Crippen molar-refractivity contribution in [2.45, 2.75) is 26.8 Å².